The summed E-state index contributed by atoms with van der Waals surface area (Å²) in [5.41, 5.74) is 3.46. The van der Waals surface area contributed by atoms with Gasteiger partial charge in [-0.25, -0.2) is 0 Å². The molecule has 28 heavy (non-hydrogen) atoms. The van der Waals surface area contributed by atoms with E-state index in [1.165, 1.54) is 17.7 Å². The molecule has 2 aromatic rings. The number of pyridine rings is 1. The number of aromatic nitrogens is 1. The van der Waals surface area contributed by atoms with Crippen molar-refractivity contribution in [1.29, 1.82) is 0 Å². The molecule has 1 fully saturated rings. The predicted octanol–water partition coefficient (Wildman–Crippen LogP) is 4.72. The number of benzene rings is 1. The average molecular weight is 399 g/mol. The zero-order valence-electron chi connectivity index (χ0n) is 16.3. The minimum absolute atomic E-state index is 0.154. The number of hydrogen-bond donors (Lipinski definition) is 1. The molecule has 0 unspecified atom stereocenters. The molecule has 4 nitrogen and oxygen atoms in total. The average Bonchev–Trinajstić information content (AvgIpc) is 3.33. The van der Waals surface area contributed by atoms with Crippen molar-refractivity contribution in [3.63, 3.8) is 0 Å². The van der Waals surface area contributed by atoms with E-state index in [2.05, 4.69) is 12.2 Å². The number of carbonyl (C=O) groups excluding carboxylic acids is 1. The van der Waals surface area contributed by atoms with Gasteiger partial charge in [-0.3, -0.25) is 9.59 Å². The molecule has 0 aliphatic heterocycles. The van der Waals surface area contributed by atoms with Crippen LogP contribution in [0.25, 0.3) is 0 Å². The van der Waals surface area contributed by atoms with Crippen molar-refractivity contribution in [2.45, 2.75) is 63.5 Å². The summed E-state index contributed by atoms with van der Waals surface area (Å²) in [6, 6.07) is 11.2. The van der Waals surface area contributed by atoms with Gasteiger partial charge in [0, 0.05) is 24.0 Å². The smallest absolute Gasteiger partial charge is 0.263 e. The van der Waals surface area contributed by atoms with E-state index in [0.29, 0.717) is 18.4 Å². The first-order valence-electron chi connectivity index (χ1n) is 10.3. The summed E-state index contributed by atoms with van der Waals surface area (Å²) in [6.45, 7) is 2.82. The summed E-state index contributed by atoms with van der Waals surface area (Å²) in [5.74, 6) is 0.921. The fourth-order valence-corrected chi connectivity index (χ4v) is 5.09. The van der Waals surface area contributed by atoms with Crippen LogP contribution in [0.4, 0.5) is 0 Å². The van der Waals surface area contributed by atoms with Gasteiger partial charge in [-0.1, -0.05) is 43.7 Å². The molecule has 1 N–H and O–H groups in total. The third kappa shape index (κ3) is 3.39. The quantitative estimate of drug-likeness (QED) is 0.686. The molecule has 1 aromatic carbocycles. The highest BCUT2D eigenvalue weighted by molar-refractivity contribution is 6.18. The molecule has 1 saturated carbocycles. The van der Waals surface area contributed by atoms with Crippen LogP contribution in [-0.4, -0.2) is 16.4 Å². The summed E-state index contributed by atoms with van der Waals surface area (Å²) < 4.78 is 1.90. The highest BCUT2D eigenvalue weighted by Gasteiger charge is 2.40. The number of nitrogens with zero attached hydrogens (tertiary/aromatic N) is 1. The minimum atomic E-state index is -0.324. The number of unbranched alkanes of at least 4 members (excludes halogenated alkanes) is 1. The third-order valence-electron chi connectivity index (χ3n) is 6.26. The molecule has 2 aliphatic rings. The molecule has 5 heteroatoms. The van der Waals surface area contributed by atoms with Crippen LogP contribution in [-0.2, 0) is 6.54 Å². The summed E-state index contributed by atoms with van der Waals surface area (Å²) in [7, 11) is 0. The lowest BCUT2D eigenvalue weighted by molar-refractivity contribution is 0.0938. The SMILES string of the molecule is CCCCn1c2c(cc(C(=O)N[C@H](CCl)c3ccccc3)c1=O)[C@H]1CC[C@@H]2C1. The zero-order valence-corrected chi connectivity index (χ0v) is 17.0. The number of hydrogen-bond acceptors (Lipinski definition) is 2. The highest BCUT2D eigenvalue weighted by Crippen LogP contribution is 2.52. The molecule has 148 valence electrons. The fraction of sp³-hybridized carbons (Fsp3) is 0.478. The first kappa shape index (κ1) is 19.3. The summed E-state index contributed by atoms with van der Waals surface area (Å²) in [6.07, 6.45) is 5.42. The summed E-state index contributed by atoms with van der Waals surface area (Å²) in [4.78, 5) is 26.3. The molecule has 1 amide bonds. The number of alkyl halides is 1. The molecule has 1 aromatic heterocycles. The van der Waals surface area contributed by atoms with Gasteiger partial charge in [-0.2, -0.15) is 0 Å². The summed E-state index contributed by atoms with van der Waals surface area (Å²) >= 11 is 6.12. The molecule has 2 aliphatic carbocycles. The molecule has 1 heterocycles. The van der Waals surface area contributed by atoms with Gasteiger partial charge in [0.15, 0.2) is 0 Å². The van der Waals surface area contributed by atoms with Gasteiger partial charge in [0.25, 0.3) is 11.5 Å². The lowest BCUT2D eigenvalue weighted by Gasteiger charge is -2.23. The second-order valence-electron chi connectivity index (χ2n) is 8.01. The highest BCUT2D eigenvalue weighted by atomic mass is 35.5. The fourth-order valence-electron chi connectivity index (χ4n) is 4.83. The van der Waals surface area contributed by atoms with Crippen LogP contribution in [0.3, 0.4) is 0 Å². The van der Waals surface area contributed by atoms with Crippen LogP contribution < -0.4 is 10.9 Å². The maximum atomic E-state index is 13.2. The van der Waals surface area contributed by atoms with E-state index in [9.17, 15) is 9.59 Å². The maximum Gasteiger partial charge on any atom is 0.263 e. The molecular weight excluding hydrogens is 372 g/mol. The van der Waals surface area contributed by atoms with Gasteiger partial charge >= 0.3 is 0 Å². The second kappa shape index (κ2) is 8.12. The Kier molecular flexibility index (Phi) is 5.58. The van der Waals surface area contributed by atoms with E-state index in [1.54, 1.807) is 0 Å². The van der Waals surface area contributed by atoms with Gasteiger partial charge in [-0.15, -0.1) is 11.6 Å². The molecule has 3 atom stereocenters. The molecule has 0 saturated heterocycles. The van der Waals surface area contributed by atoms with Gasteiger partial charge in [0.1, 0.15) is 5.56 Å². The van der Waals surface area contributed by atoms with Crippen LogP contribution in [0.5, 0.6) is 0 Å². The molecule has 4 rings (SSSR count). The van der Waals surface area contributed by atoms with E-state index in [0.717, 1.165) is 31.2 Å². The van der Waals surface area contributed by atoms with E-state index in [1.807, 2.05) is 41.0 Å². The van der Waals surface area contributed by atoms with Gasteiger partial charge in [0.05, 0.1) is 6.04 Å². The van der Waals surface area contributed by atoms with Gasteiger partial charge < -0.3 is 9.88 Å². The second-order valence-corrected chi connectivity index (χ2v) is 8.32. The number of nitrogens with one attached hydrogen (secondary N) is 1. The molecule has 0 spiro atoms. The van der Waals surface area contributed by atoms with Crippen molar-refractivity contribution in [1.82, 2.24) is 9.88 Å². The Morgan fingerprint density at radius 3 is 2.71 bits per heavy atom. The first-order valence-corrected chi connectivity index (χ1v) is 10.9. The van der Waals surface area contributed by atoms with Crippen LogP contribution in [0.1, 0.15) is 84.1 Å². The lowest BCUT2D eigenvalue weighted by Crippen LogP contribution is -2.37. The Labute approximate surface area is 170 Å². The zero-order chi connectivity index (χ0) is 19.7. The number of rotatable bonds is 7. The van der Waals surface area contributed by atoms with Crippen molar-refractivity contribution in [2.75, 3.05) is 5.88 Å². The third-order valence-corrected chi connectivity index (χ3v) is 6.57. The van der Waals surface area contributed by atoms with E-state index < -0.39 is 0 Å². The monoisotopic (exact) mass is 398 g/mol. The van der Waals surface area contributed by atoms with Crippen molar-refractivity contribution < 1.29 is 4.79 Å². The minimum Gasteiger partial charge on any atom is -0.344 e. The Morgan fingerprint density at radius 2 is 2.00 bits per heavy atom. The number of carbonyl (C=O) groups is 1. The predicted molar refractivity (Wildman–Crippen MR) is 112 cm³/mol. The van der Waals surface area contributed by atoms with E-state index >= 15 is 0 Å². The number of halogens is 1. The topological polar surface area (TPSA) is 51.1 Å². The number of fused-ring (bicyclic) bond motifs is 5. The van der Waals surface area contributed by atoms with Crippen molar-refractivity contribution in [3.8, 4) is 0 Å². The maximum absolute atomic E-state index is 13.2. The summed E-state index contributed by atoms with van der Waals surface area (Å²) in [5, 5.41) is 2.97. The standard InChI is InChI=1S/C23H27ClN2O2/c1-2-3-11-26-21-17-10-9-16(12-17)18(21)13-19(23(26)28)22(27)25-20(14-24)15-7-5-4-6-8-15/h4-8,13,16-17,20H,2-3,9-12,14H2,1H3,(H,25,27)/t16-,17+,20+/m0/s1. The molecular formula is C23H27ClN2O2. The van der Waals surface area contributed by atoms with Crippen LogP contribution >= 0.6 is 11.6 Å². The molecule has 0 radical (unpaired) electrons. The van der Waals surface area contributed by atoms with Crippen molar-refractivity contribution in [3.05, 3.63) is 69.1 Å². The largest absolute Gasteiger partial charge is 0.344 e. The Bertz CT molecular complexity index is 922. The van der Waals surface area contributed by atoms with Crippen LogP contribution in [0.2, 0.25) is 0 Å². The Balaban J connectivity index is 1.68. The van der Waals surface area contributed by atoms with Gasteiger partial charge in [0.2, 0.25) is 0 Å². The van der Waals surface area contributed by atoms with E-state index in [-0.39, 0.29) is 29.0 Å². The van der Waals surface area contributed by atoms with E-state index in [4.69, 9.17) is 11.6 Å². The van der Waals surface area contributed by atoms with Crippen LogP contribution in [0, 0.1) is 0 Å². The first-order chi connectivity index (χ1) is 13.6. The van der Waals surface area contributed by atoms with Crippen molar-refractivity contribution >= 4 is 17.5 Å². The van der Waals surface area contributed by atoms with Gasteiger partial charge in [-0.05, 0) is 48.8 Å². The lowest BCUT2D eigenvalue weighted by atomic mass is 9.94. The molecule has 2 bridgehead atoms. The van der Waals surface area contributed by atoms with Crippen molar-refractivity contribution in [2.24, 2.45) is 0 Å². The van der Waals surface area contributed by atoms with Crippen LogP contribution in [0.15, 0.2) is 41.2 Å². The normalized spacial score (nSPS) is 20.8. The Hall–Kier alpha value is -2.07. The number of amides is 1. The Morgan fingerprint density at radius 1 is 1.25 bits per heavy atom.